The second-order valence-electron chi connectivity index (χ2n) is 6.98. The van der Waals surface area contributed by atoms with Crippen molar-refractivity contribution in [3.8, 4) is 11.4 Å². The Hall–Kier alpha value is -3.07. The summed E-state index contributed by atoms with van der Waals surface area (Å²) in [4.78, 5) is 15.0. The van der Waals surface area contributed by atoms with Gasteiger partial charge in [0.2, 0.25) is 11.1 Å². The lowest BCUT2D eigenvalue weighted by Gasteiger charge is -2.30. The standard InChI is InChI=1S/C21H24N6O2S/c1-29-17-9-7-8-16(14-17)27-21(23-24-25-27)30-15-20(28)22-18-10-3-4-11-19(18)26-12-5-2-6-13-26/h3-4,7-11,14H,2,5-6,12-13,15H2,1H3,(H,22,28). The zero-order chi connectivity index (χ0) is 20.8. The van der Waals surface area contributed by atoms with Crippen LogP contribution >= 0.6 is 11.8 Å². The number of carbonyl (C=O) groups is 1. The number of methoxy groups -OCH3 is 1. The lowest BCUT2D eigenvalue weighted by atomic mass is 10.1. The van der Waals surface area contributed by atoms with Crippen molar-refractivity contribution in [2.45, 2.75) is 24.4 Å². The number of piperidine rings is 1. The summed E-state index contributed by atoms with van der Waals surface area (Å²) < 4.78 is 6.86. The van der Waals surface area contributed by atoms with E-state index in [4.69, 9.17) is 4.74 Å². The number of anilines is 2. The van der Waals surface area contributed by atoms with E-state index < -0.39 is 0 Å². The van der Waals surface area contributed by atoms with Crippen LogP contribution in [0.1, 0.15) is 19.3 Å². The highest BCUT2D eigenvalue weighted by atomic mass is 32.2. The second kappa shape index (κ2) is 9.62. The first kappa shape index (κ1) is 20.2. The van der Waals surface area contributed by atoms with Crippen LogP contribution in [0.5, 0.6) is 5.75 Å². The van der Waals surface area contributed by atoms with Crippen LogP contribution in [0.25, 0.3) is 5.69 Å². The Labute approximate surface area is 179 Å². The van der Waals surface area contributed by atoms with Gasteiger partial charge >= 0.3 is 0 Å². The summed E-state index contributed by atoms with van der Waals surface area (Å²) in [6.07, 6.45) is 3.64. The molecule has 1 aromatic heterocycles. The van der Waals surface area contributed by atoms with Crippen molar-refractivity contribution in [3.63, 3.8) is 0 Å². The lowest BCUT2D eigenvalue weighted by molar-refractivity contribution is -0.113. The minimum atomic E-state index is -0.0929. The number of benzene rings is 2. The number of carbonyl (C=O) groups excluding carboxylic acids is 1. The van der Waals surface area contributed by atoms with Crippen LogP contribution in [-0.2, 0) is 4.79 Å². The van der Waals surface area contributed by atoms with Crippen molar-refractivity contribution in [1.82, 2.24) is 20.2 Å². The summed E-state index contributed by atoms with van der Waals surface area (Å²) in [6.45, 7) is 2.05. The number of rotatable bonds is 7. The van der Waals surface area contributed by atoms with Crippen molar-refractivity contribution < 1.29 is 9.53 Å². The predicted octanol–water partition coefficient (Wildman–Crippen LogP) is 3.39. The summed E-state index contributed by atoms with van der Waals surface area (Å²) in [5.41, 5.74) is 2.70. The molecular formula is C21H24N6O2S. The summed E-state index contributed by atoms with van der Waals surface area (Å²) in [5.74, 6) is 0.828. The molecule has 0 saturated carbocycles. The van der Waals surface area contributed by atoms with E-state index in [1.165, 1.54) is 31.0 Å². The number of nitrogens with one attached hydrogen (secondary N) is 1. The number of para-hydroxylation sites is 2. The van der Waals surface area contributed by atoms with Crippen molar-refractivity contribution in [3.05, 3.63) is 48.5 Å². The minimum Gasteiger partial charge on any atom is -0.497 e. The molecule has 3 aromatic rings. The molecule has 1 aliphatic heterocycles. The Morgan fingerprint density at radius 1 is 1.13 bits per heavy atom. The second-order valence-corrected chi connectivity index (χ2v) is 7.92. The quantitative estimate of drug-likeness (QED) is 0.582. The van der Waals surface area contributed by atoms with Gasteiger partial charge in [-0.1, -0.05) is 30.0 Å². The first-order valence-electron chi connectivity index (χ1n) is 9.94. The minimum absolute atomic E-state index is 0.0929. The average molecular weight is 425 g/mol. The molecule has 156 valence electrons. The van der Waals surface area contributed by atoms with Gasteiger partial charge in [-0.3, -0.25) is 4.79 Å². The van der Waals surface area contributed by atoms with Gasteiger partial charge in [-0.25, -0.2) is 0 Å². The number of thioether (sulfide) groups is 1. The maximum absolute atomic E-state index is 12.6. The van der Waals surface area contributed by atoms with Crippen molar-refractivity contribution in [2.24, 2.45) is 0 Å². The summed E-state index contributed by atoms with van der Waals surface area (Å²) in [6, 6.07) is 15.4. The average Bonchev–Trinajstić information content (AvgIpc) is 3.27. The van der Waals surface area contributed by atoms with Crippen LogP contribution in [-0.4, -0.2) is 52.1 Å². The smallest absolute Gasteiger partial charge is 0.234 e. The maximum Gasteiger partial charge on any atom is 0.234 e. The Morgan fingerprint density at radius 2 is 1.97 bits per heavy atom. The fourth-order valence-electron chi connectivity index (χ4n) is 3.48. The monoisotopic (exact) mass is 424 g/mol. The summed E-state index contributed by atoms with van der Waals surface area (Å²) >= 11 is 1.29. The van der Waals surface area contributed by atoms with Gasteiger partial charge < -0.3 is 15.0 Å². The van der Waals surface area contributed by atoms with Crippen molar-refractivity contribution in [1.29, 1.82) is 0 Å². The molecule has 2 heterocycles. The third-order valence-corrected chi connectivity index (χ3v) is 5.87. The number of ether oxygens (including phenoxy) is 1. The highest BCUT2D eigenvalue weighted by Gasteiger charge is 2.17. The van der Waals surface area contributed by atoms with E-state index in [2.05, 4.69) is 31.8 Å². The number of tetrazole rings is 1. The van der Waals surface area contributed by atoms with Gasteiger partial charge in [-0.05, 0) is 54.0 Å². The van der Waals surface area contributed by atoms with Gasteiger partial charge in [-0.2, -0.15) is 4.68 Å². The Kier molecular flexibility index (Phi) is 6.48. The number of amides is 1. The van der Waals surface area contributed by atoms with Crippen molar-refractivity contribution in [2.75, 3.05) is 36.2 Å². The van der Waals surface area contributed by atoms with Gasteiger partial charge in [0.05, 0.1) is 29.9 Å². The molecule has 0 radical (unpaired) electrons. The fraction of sp³-hybridized carbons (Fsp3) is 0.333. The molecule has 0 aliphatic carbocycles. The Morgan fingerprint density at radius 3 is 2.80 bits per heavy atom. The third-order valence-electron chi connectivity index (χ3n) is 4.95. The molecule has 1 aliphatic rings. The molecule has 8 nitrogen and oxygen atoms in total. The first-order chi connectivity index (χ1) is 14.7. The number of hydrogen-bond acceptors (Lipinski definition) is 7. The van der Waals surface area contributed by atoms with Crippen molar-refractivity contribution >= 4 is 29.0 Å². The molecule has 0 atom stereocenters. The lowest BCUT2D eigenvalue weighted by Crippen LogP contribution is -2.30. The highest BCUT2D eigenvalue weighted by molar-refractivity contribution is 7.99. The molecule has 9 heteroatoms. The third kappa shape index (κ3) is 4.73. The summed E-state index contributed by atoms with van der Waals surface area (Å²) in [5, 5.41) is 15.4. The van der Waals surface area contributed by atoms with Crippen LogP contribution in [0, 0.1) is 0 Å². The number of nitrogens with zero attached hydrogens (tertiary/aromatic N) is 5. The largest absolute Gasteiger partial charge is 0.497 e. The Bertz CT molecular complexity index is 1000. The van der Waals surface area contributed by atoms with E-state index in [0.29, 0.717) is 10.9 Å². The van der Waals surface area contributed by atoms with Crippen LogP contribution in [0.3, 0.4) is 0 Å². The fourth-order valence-corrected chi connectivity index (χ4v) is 4.17. The molecule has 0 unspecified atom stereocenters. The molecule has 1 saturated heterocycles. The van der Waals surface area contributed by atoms with Gasteiger partial charge in [0.15, 0.2) is 0 Å². The molecule has 1 fully saturated rings. The molecule has 1 N–H and O–H groups in total. The number of aromatic nitrogens is 4. The topological polar surface area (TPSA) is 85.2 Å². The molecule has 0 bridgehead atoms. The molecule has 30 heavy (non-hydrogen) atoms. The van der Waals surface area contributed by atoms with Gasteiger partial charge in [-0.15, -0.1) is 5.10 Å². The molecule has 0 spiro atoms. The van der Waals surface area contributed by atoms with E-state index in [-0.39, 0.29) is 11.7 Å². The van der Waals surface area contributed by atoms with Crippen LogP contribution in [0.15, 0.2) is 53.7 Å². The van der Waals surface area contributed by atoms with Gasteiger partial charge in [0.25, 0.3) is 0 Å². The van der Waals surface area contributed by atoms with Crippen LogP contribution in [0.2, 0.25) is 0 Å². The zero-order valence-corrected chi connectivity index (χ0v) is 17.6. The zero-order valence-electron chi connectivity index (χ0n) is 16.8. The highest BCUT2D eigenvalue weighted by Crippen LogP contribution is 2.29. The van der Waals surface area contributed by atoms with Gasteiger partial charge in [0.1, 0.15) is 5.75 Å². The van der Waals surface area contributed by atoms with Crippen LogP contribution < -0.4 is 15.0 Å². The SMILES string of the molecule is COc1cccc(-n2nnnc2SCC(=O)Nc2ccccc2N2CCCCC2)c1. The van der Waals surface area contributed by atoms with E-state index in [9.17, 15) is 4.79 Å². The molecular weight excluding hydrogens is 400 g/mol. The molecule has 4 rings (SSSR count). The van der Waals surface area contributed by atoms with Crippen LogP contribution in [0.4, 0.5) is 11.4 Å². The van der Waals surface area contributed by atoms with Gasteiger partial charge in [0, 0.05) is 19.2 Å². The van der Waals surface area contributed by atoms with E-state index in [1.807, 2.05) is 42.5 Å². The van der Waals surface area contributed by atoms with E-state index >= 15 is 0 Å². The Balaban J connectivity index is 1.41. The van der Waals surface area contributed by atoms with E-state index in [0.717, 1.165) is 30.2 Å². The normalized spacial score (nSPS) is 13.8. The first-order valence-corrected chi connectivity index (χ1v) is 10.9. The summed E-state index contributed by atoms with van der Waals surface area (Å²) in [7, 11) is 1.61. The molecule has 2 aromatic carbocycles. The molecule has 1 amide bonds. The van der Waals surface area contributed by atoms with E-state index in [1.54, 1.807) is 11.8 Å². The maximum atomic E-state index is 12.6. The number of hydrogen-bond donors (Lipinski definition) is 1. The predicted molar refractivity (Wildman–Crippen MR) is 118 cm³/mol.